The Kier molecular flexibility index (Phi) is 4.70. The van der Waals surface area contributed by atoms with E-state index in [9.17, 15) is 15.0 Å². The first kappa shape index (κ1) is 17.2. The molecule has 7 heteroatoms. The van der Waals surface area contributed by atoms with E-state index < -0.39 is 5.91 Å². The number of hydrazone groups is 1. The standard InChI is InChI=1S/C19H18N4O3/c1-11-3-5-14(7-12(11)2)15-9-16(22-21-15)19(26)23-20-10-13-4-6-17(24)18(25)8-13/h3-10,24-25H,1-2H3,(H,21,22)(H,23,26)/b20-10+. The number of hydrogen-bond acceptors (Lipinski definition) is 5. The second-order valence-electron chi connectivity index (χ2n) is 5.91. The number of aromatic amines is 1. The number of hydrogen-bond donors (Lipinski definition) is 4. The van der Waals surface area contributed by atoms with Gasteiger partial charge >= 0.3 is 0 Å². The molecule has 0 atom stereocenters. The molecule has 0 fully saturated rings. The van der Waals surface area contributed by atoms with Gasteiger partial charge < -0.3 is 10.2 Å². The minimum absolute atomic E-state index is 0.220. The largest absolute Gasteiger partial charge is 0.504 e. The molecular weight excluding hydrogens is 332 g/mol. The molecule has 0 aliphatic rings. The predicted octanol–water partition coefficient (Wildman–Crippen LogP) is 2.87. The summed E-state index contributed by atoms with van der Waals surface area (Å²) in [7, 11) is 0. The maximum absolute atomic E-state index is 12.1. The van der Waals surface area contributed by atoms with Crippen molar-refractivity contribution in [3.63, 3.8) is 0 Å². The van der Waals surface area contributed by atoms with Gasteiger partial charge in [0.2, 0.25) is 0 Å². The van der Waals surface area contributed by atoms with E-state index in [4.69, 9.17) is 0 Å². The maximum Gasteiger partial charge on any atom is 0.289 e. The minimum atomic E-state index is -0.438. The number of nitrogens with zero attached hydrogens (tertiary/aromatic N) is 2. The van der Waals surface area contributed by atoms with Crippen LogP contribution in [-0.2, 0) is 0 Å². The summed E-state index contributed by atoms with van der Waals surface area (Å²) in [5, 5.41) is 29.4. The average Bonchev–Trinajstić information content (AvgIpc) is 3.10. The molecule has 0 unspecified atom stereocenters. The third-order valence-electron chi connectivity index (χ3n) is 4.00. The lowest BCUT2D eigenvalue weighted by atomic mass is 10.0. The van der Waals surface area contributed by atoms with Crippen molar-refractivity contribution in [2.75, 3.05) is 0 Å². The number of carbonyl (C=O) groups is 1. The number of benzene rings is 2. The van der Waals surface area contributed by atoms with Crippen LogP contribution in [0, 0.1) is 13.8 Å². The van der Waals surface area contributed by atoms with Gasteiger partial charge in [0.15, 0.2) is 11.5 Å². The number of aryl methyl sites for hydroxylation is 2. The van der Waals surface area contributed by atoms with Gasteiger partial charge in [0, 0.05) is 5.56 Å². The van der Waals surface area contributed by atoms with Crippen molar-refractivity contribution in [3.8, 4) is 22.8 Å². The first-order valence-corrected chi connectivity index (χ1v) is 7.92. The highest BCUT2D eigenvalue weighted by Crippen LogP contribution is 2.24. The molecule has 1 aromatic heterocycles. The van der Waals surface area contributed by atoms with Gasteiger partial charge in [-0.3, -0.25) is 9.89 Å². The molecule has 26 heavy (non-hydrogen) atoms. The number of phenols is 2. The molecule has 0 saturated heterocycles. The van der Waals surface area contributed by atoms with Crippen molar-refractivity contribution in [2.24, 2.45) is 5.10 Å². The summed E-state index contributed by atoms with van der Waals surface area (Å²) in [6.07, 6.45) is 1.36. The molecule has 0 saturated carbocycles. The molecule has 7 nitrogen and oxygen atoms in total. The molecule has 0 bridgehead atoms. The Hall–Kier alpha value is -3.61. The zero-order valence-electron chi connectivity index (χ0n) is 14.3. The van der Waals surface area contributed by atoms with Crippen LogP contribution in [-0.4, -0.2) is 32.5 Å². The van der Waals surface area contributed by atoms with Gasteiger partial charge in [-0.15, -0.1) is 0 Å². The monoisotopic (exact) mass is 350 g/mol. The van der Waals surface area contributed by atoms with E-state index in [0.717, 1.165) is 11.1 Å². The summed E-state index contributed by atoms with van der Waals surface area (Å²) in [5.74, 6) is -0.916. The first-order valence-electron chi connectivity index (χ1n) is 7.92. The summed E-state index contributed by atoms with van der Waals surface area (Å²) in [5.41, 5.74) is 7.13. The number of carbonyl (C=O) groups excluding carboxylic acids is 1. The van der Waals surface area contributed by atoms with Crippen molar-refractivity contribution in [3.05, 3.63) is 64.8 Å². The molecule has 3 aromatic rings. The quantitative estimate of drug-likeness (QED) is 0.329. The molecule has 0 aliphatic heterocycles. The highest BCUT2D eigenvalue weighted by atomic mass is 16.3. The van der Waals surface area contributed by atoms with Crippen LogP contribution in [0.5, 0.6) is 11.5 Å². The zero-order chi connectivity index (χ0) is 18.7. The van der Waals surface area contributed by atoms with E-state index >= 15 is 0 Å². The molecule has 4 N–H and O–H groups in total. The van der Waals surface area contributed by atoms with Gasteiger partial charge in [0.1, 0.15) is 5.69 Å². The van der Waals surface area contributed by atoms with Crippen LogP contribution in [0.25, 0.3) is 11.3 Å². The lowest BCUT2D eigenvalue weighted by molar-refractivity contribution is 0.0950. The Bertz CT molecular complexity index is 992. The number of aromatic nitrogens is 2. The smallest absolute Gasteiger partial charge is 0.289 e. The highest BCUT2D eigenvalue weighted by Gasteiger charge is 2.11. The zero-order valence-corrected chi connectivity index (χ0v) is 14.3. The fourth-order valence-electron chi connectivity index (χ4n) is 2.33. The van der Waals surface area contributed by atoms with E-state index in [0.29, 0.717) is 11.3 Å². The molecule has 0 aliphatic carbocycles. The van der Waals surface area contributed by atoms with E-state index in [1.807, 2.05) is 32.0 Å². The van der Waals surface area contributed by atoms with Crippen molar-refractivity contribution >= 4 is 12.1 Å². The van der Waals surface area contributed by atoms with Crippen LogP contribution in [0.1, 0.15) is 27.2 Å². The van der Waals surface area contributed by atoms with E-state index in [2.05, 4.69) is 20.7 Å². The number of nitrogens with one attached hydrogen (secondary N) is 2. The number of phenolic OH excluding ortho intramolecular Hbond substituents is 2. The summed E-state index contributed by atoms with van der Waals surface area (Å²) >= 11 is 0. The van der Waals surface area contributed by atoms with E-state index in [1.165, 1.54) is 23.9 Å². The van der Waals surface area contributed by atoms with Crippen LogP contribution < -0.4 is 5.43 Å². The van der Waals surface area contributed by atoms with E-state index in [1.54, 1.807) is 12.1 Å². The number of rotatable bonds is 4. The van der Waals surface area contributed by atoms with Crippen molar-refractivity contribution in [1.29, 1.82) is 0 Å². The molecule has 1 heterocycles. The average molecular weight is 350 g/mol. The SMILES string of the molecule is Cc1ccc(-c2cc(C(=O)N/N=C/c3ccc(O)c(O)c3)[nH]n2)cc1C. The third-order valence-corrected chi connectivity index (χ3v) is 4.00. The van der Waals surface area contributed by atoms with Gasteiger partial charge in [-0.25, -0.2) is 5.43 Å². The Labute approximate surface area is 150 Å². The molecule has 3 rings (SSSR count). The van der Waals surface area contributed by atoms with Crippen LogP contribution >= 0.6 is 0 Å². The highest BCUT2D eigenvalue weighted by molar-refractivity contribution is 5.94. The van der Waals surface area contributed by atoms with Crippen LogP contribution in [0.3, 0.4) is 0 Å². The molecule has 0 radical (unpaired) electrons. The number of aromatic hydroxyl groups is 2. The van der Waals surface area contributed by atoms with Gasteiger partial charge in [0.25, 0.3) is 5.91 Å². The molecule has 2 aromatic carbocycles. The van der Waals surface area contributed by atoms with Crippen LogP contribution in [0.15, 0.2) is 47.6 Å². The normalized spacial score (nSPS) is 11.0. The maximum atomic E-state index is 12.1. The number of H-pyrrole nitrogens is 1. The fraction of sp³-hybridized carbons (Fsp3) is 0.105. The Morgan fingerprint density at radius 3 is 2.62 bits per heavy atom. The second-order valence-corrected chi connectivity index (χ2v) is 5.91. The van der Waals surface area contributed by atoms with Crippen molar-refractivity contribution in [1.82, 2.24) is 15.6 Å². The van der Waals surface area contributed by atoms with Crippen molar-refractivity contribution in [2.45, 2.75) is 13.8 Å². The predicted molar refractivity (Wildman–Crippen MR) is 98.3 cm³/mol. The van der Waals surface area contributed by atoms with Gasteiger partial charge in [0.05, 0.1) is 11.9 Å². The van der Waals surface area contributed by atoms with Crippen LogP contribution in [0.4, 0.5) is 0 Å². The topological polar surface area (TPSA) is 111 Å². The molecule has 0 spiro atoms. The van der Waals surface area contributed by atoms with Gasteiger partial charge in [-0.05, 0) is 60.9 Å². The lowest BCUT2D eigenvalue weighted by Gasteiger charge is -2.01. The Balaban J connectivity index is 1.68. The van der Waals surface area contributed by atoms with Gasteiger partial charge in [-0.1, -0.05) is 12.1 Å². The Morgan fingerprint density at radius 1 is 1.08 bits per heavy atom. The van der Waals surface area contributed by atoms with Crippen molar-refractivity contribution < 1.29 is 15.0 Å². The van der Waals surface area contributed by atoms with Crippen LogP contribution in [0.2, 0.25) is 0 Å². The number of amides is 1. The summed E-state index contributed by atoms with van der Waals surface area (Å²) in [6, 6.07) is 11.9. The molecule has 132 valence electrons. The third kappa shape index (κ3) is 3.72. The minimum Gasteiger partial charge on any atom is -0.504 e. The summed E-state index contributed by atoms with van der Waals surface area (Å²) in [4.78, 5) is 12.1. The first-order chi connectivity index (χ1) is 12.4. The lowest BCUT2D eigenvalue weighted by Crippen LogP contribution is -2.17. The molecule has 1 amide bonds. The summed E-state index contributed by atoms with van der Waals surface area (Å²) in [6.45, 7) is 4.06. The second kappa shape index (κ2) is 7.10. The molecular formula is C19H18N4O3. The Morgan fingerprint density at radius 2 is 1.88 bits per heavy atom. The van der Waals surface area contributed by atoms with Gasteiger partial charge in [-0.2, -0.15) is 10.2 Å². The fourth-order valence-corrected chi connectivity index (χ4v) is 2.33. The van der Waals surface area contributed by atoms with E-state index in [-0.39, 0.29) is 17.2 Å². The summed E-state index contributed by atoms with van der Waals surface area (Å²) < 4.78 is 0.